The van der Waals surface area contributed by atoms with Crippen LogP contribution in [0.3, 0.4) is 0 Å². The lowest BCUT2D eigenvalue weighted by Gasteiger charge is -2.10. The summed E-state index contributed by atoms with van der Waals surface area (Å²) in [6, 6.07) is 10.6. The first-order valence-corrected chi connectivity index (χ1v) is 7.61. The van der Waals surface area contributed by atoms with Crippen molar-refractivity contribution in [3.05, 3.63) is 50.9 Å². The van der Waals surface area contributed by atoms with E-state index in [0.717, 1.165) is 4.47 Å². The molecule has 0 saturated heterocycles. The molecule has 0 atom stereocenters. The Balaban J connectivity index is 2.26. The summed E-state index contributed by atoms with van der Waals surface area (Å²) in [5, 5.41) is 2.82. The van der Waals surface area contributed by atoms with Crippen molar-refractivity contribution in [1.29, 1.82) is 0 Å². The Kier molecular flexibility index (Phi) is 5.25. The molecule has 0 unspecified atom stereocenters. The van der Waals surface area contributed by atoms with Crippen LogP contribution in [0.2, 0.25) is 0 Å². The van der Waals surface area contributed by atoms with E-state index in [2.05, 4.69) is 37.2 Å². The highest BCUT2D eigenvalue weighted by Gasteiger charge is 2.12. The smallest absolute Gasteiger partial charge is 0.256 e. The SMILES string of the molecule is COc1cc(NC(=O)c2ccc(Br)cc2Br)cc(OC)c1. The molecular weight excluding hydrogens is 402 g/mol. The maximum atomic E-state index is 12.3. The van der Waals surface area contributed by atoms with Gasteiger partial charge in [0.05, 0.1) is 19.8 Å². The molecule has 21 heavy (non-hydrogen) atoms. The third kappa shape index (κ3) is 3.98. The van der Waals surface area contributed by atoms with Crippen LogP contribution in [0.15, 0.2) is 45.3 Å². The van der Waals surface area contributed by atoms with E-state index in [4.69, 9.17) is 9.47 Å². The van der Waals surface area contributed by atoms with Crippen LogP contribution >= 0.6 is 31.9 Å². The van der Waals surface area contributed by atoms with Gasteiger partial charge in [0, 0.05) is 32.8 Å². The molecule has 1 N–H and O–H groups in total. The fraction of sp³-hybridized carbons (Fsp3) is 0.133. The number of anilines is 1. The maximum Gasteiger partial charge on any atom is 0.256 e. The van der Waals surface area contributed by atoms with Crippen molar-refractivity contribution in [2.75, 3.05) is 19.5 Å². The van der Waals surface area contributed by atoms with Crippen LogP contribution < -0.4 is 14.8 Å². The second-order valence-electron chi connectivity index (χ2n) is 4.18. The first-order chi connectivity index (χ1) is 10.0. The summed E-state index contributed by atoms with van der Waals surface area (Å²) >= 11 is 6.73. The monoisotopic (exact) mass is 413 g/mol. The van der Waals surface area contributed by atoms with E-state index in [9.17, 15) is 4.79 Å². The number of amides is 1. The highest BCUT2D eigenvalue weighted by molar-refractivity contribution is 9.11. The number of rotatable bonds is 4. The molecule has 4 nitrogen and oxygen atoms in total. The first-order valence-electron chi connectivity index (χ1n) is 6.03. The van der Waals surface area contributed by atoms with Gasteiger partial charge >= 0.3 is 0 Å². The van der Waals surface area contributed by atoms with E-state index in [0.29, 0.717) is 27.2 Å². The molecule has 0 saturated carbocycles. The normalized spacial score (nSPS) is 10.1. The van der Waals surface area contributed by atoms with Crippen LogP contribution in [-0.2, 0) is 0 Å². The maximum absolute atomic E-state index is 12.3. The number of nitrogens with one attached hydrogen (secondary N) is 1. The van der Waals surface area contributed by atoms with Crippen LogP contribution in [0.1, 0.15) is 10.4 Å². The molecule has 0 aliphatic carbocycles. The summed E-state index contributed by atoms with van der Waals surface area (Å²) in [5.74, 6) is 1.00. The van der Waals surface area contributed by atoms with Crippen molar-refractivity contribution < 1.29 is 14.3 Å². The highest BCUT2D eigenvalue weighted by atomic mass is 79.9. The Hall–Kier alpha value is -1.53. The molecule has 1 amide bonds. The fourth-order valence-electron chi connectivity index (χ4n) is 1.75. The summed E-state index contributed by atoms with van der Waals surface area (Å²) in [6.07, 6.45) is 0. The van der Waals surface area contributed by atoms with Gasteiger partial charge in [-0.05, 0) is 34.1 Å². The summed E-state index contributed by atoms with van der Waals surface area (Å²) in [5.41, 5.74) is 1.14. The minimum absolute atomic E-state index is 0.218. The average Bonchev–Trinajstić information content (AvgIpc) is 2.46. The molecule has 0 aliphatic heterocycles. The fourth-order valence-corrected chi connectivity index (χ4v) is 2.98. The minimum atomic E-state index is -0.218. The van der Waals surface area contributed by atoms with Gasteiger partial charge in [-0.1, -0.05) is 15.9 Å². The summed E-state index contributed by atoms with van der Waals surface area (Å²) in [6.45, 7) is 0. The molecule has 0 aromatic heterocycles. The van der Waals surface area contributed by atoms with Gasteiger partial charge in [-0.15, -0.1) is 0 Å². The third-order valence-corrected chi connectivity index (χ3v) is 3.93. The number of carbonyl (C=O) groups excluding carboxylic acids is 1. The predicted molar refractivity (Wildman–Crippen MR) is 89.3 cm³/mol. The lowest BCUT2D eigenvalue weighted by atomic mass is 10.2. The zero-order valence-electron chi connectivity index (χ0n) is 11.4. The van der Waals surface area contributed by atoms with E-state index in [1.54, 1.807) is 38.5 Å². The zero-order chi connectivity index (χ0) is 15.4. The molecule has 0 spiro atoms. The second-order valence-corrected chi connectivity index (χ2v) is 5.95. The van der Waals surface area contributed by atoms with Gasteiger partial charge in [-0.3, -0.25) is 4.79 Å². The number of carbonyl (C=O) groups is 1. The van der Waals surface area contributed by atoms with Crippen LogP contribution in [0.5, 0.6) is 11.5 Å². The van der Waals surface area contributed by atoms with Gasteiger partial charge < -0.3 is 14.8 Å². The molecule has 6 heteroatoms. The summed E-state index contributed by atoms with van der Waals surface area (Å²) in [7, 11) is 3.12. The summed E-state index contributed by atoms with van der Waals surface area (Å²) < 4.78 is 12.0. The van der Waals surface area contributed by atoms with Crippen molar-refractivity contribution in [3.8, 4) is 11.5 Å². The average molecular weight is 415 g/mol. The second kappa shape index (κ2) is 6.95. The lowest BCUT2D eigenvalue weighted by molar-refractivity contribution is 0.102. The van der Waals surface area contributed by atoms with Crippen molar-refractivity contribution >= 4 is 43.5 Å². The molecule has 2 rings (SSSR count). The highest BCUT2D eigenvalue weighted by Crippen LogP contribution is 2.27. The largest absolute Gasteiger partial charge is 0.497 e. The van der Waals surface area contributed by atoms with E-state index >= 15 is 0 Å². The topological polar surface area (TPSA) is 47.6 Å². The lowest BCUT2D eigenvalue weighted by Crippen LogP contribution is -2.12. The van der Waals surface area contributed by atoms with Crippen LogP contribution in [0.4, 0.5) is 5.69 Å². The molecule has 2 aromatic carbocycles. The quantitative estimate of drug-likeness (QED) is 0.802. The van der Waals surface area contributed by atoms with E-state index < -0.39 is 0 Å². The molecular formula is C15H13Br2NO3. The molecule has 0 bridgehead atoms. The Morgan fingerprint density at radius 2 is 1.62 bits per heavy atom. The predicted octanol–water partition coefficient (Wildman–Crippen LogP) is 4.48. The molecule has 0 heterocycles. The van der Waals surface area contributed by atoms with E-state index in [1.165, 1.54) is 0 Å². The van der Waals surface area contributed by atoms with Gasteiger partial charge in [-0.25, -0.2) is 0 Å². The van der Waals surface area contributed by atoms with E-state index in [1.807, 2.05) is 12.1 Å². The Bertz CT molecular complexity index is 652. The number of ether oxygens (including phenoxy) is 2. The number of benzene rings is 2. The van der Waals surface area contributed by atoms with Gasteiger partial charge in [0.1, 0.15) is 11.5 Å². The number of hydrogen-bond acceptors (Lipinski definition) is 3. The standard InChI is InChI=1S/C15H13Br2NO3/c1-20-11-6-10(7-12(8-11)21-2)18-15(19)13-4-3-9(16)5-14(13)17/h3-8H,1-2H3,(H,18,19). The molecule has 0 aliphatic rings. The molecule has 2 aromatic rings. The number of methoxy groups -OCH3 is 2. The van der Waals surface area contributed by atoms with Gasteiger partial charge in [0.15, 0.2) is 0 Å². The zero-order valence-corrected chi connectivity index (χ0v) is 14.6. The Morgan fingerprint density at radius 3 is 2.14 bits per heavy atom. The van der Waals surface area contributed by atoms with Gasteiger partial charge in [-0.2, -0.15) is 0 Å². The third-order valence-electron chi connectivity index (χ3n) is 2.79. The van der Waals surface area contributed by atoms with Crippen molar-refractivity contribution in [1.82, 2.24) is 0 Å². The van der Waals surface area contributed by atoms with Crippen LogP contribution in [0.25, 0.3) is 0 Å². The first kappa shape index (κ1) is 15.9. The molecule has 0 fully saturated rings. The van der Waals surface area contributed by atoms with Crippen molar-refractivity contribution in [2.45, 2.75) is 0 Å². The molecule has 110 valence electrons. The summed E-state index contributed by atoms with van der Waals surface area (Å²) in [4.78, 5) is 12.3. The van der Waals surface area contributed by atoms with Crippen molar-refractivity contribution in [3.63, 3.8) is 0 Å². The van der Waals surface area contributed by atoms with Gasteiger partial charge in [0.2, 0.25) is 0 Å². The van der Waals surface area contributed by atoms with Crippen LogP contribution in [0, 0.1) is 0 Å². The van der Waals surface area contributed by atoms with E-state index in [-0.39, 0.29) is 5.91 Å². The minimum Gasteiger partial charge on any atom is -0.497 e. The number of hydrogen-bond donors (Lipinski definition) is 1. The van der Waals surface area contributed by atoms with Gasteiger partial charge in [0.25, 0.3) is 5.91 Å². The Morgan fingerprint density at radius 1 is 1.00 bits per heavy atom. The Labute approximate surface area is 139 Å². The molecule has 0 radical (unpaired) electrons. The number of halogens is 2. The van der Waals surface area contributed by atoms with Crippen LogP contribution in [-0.4, -0.2) is 20.1 Å². The van der Waals surface area contributed by atoms with Crippen molar-refractivity contribution in [2.24, 2.45) is 0 Å².